The number of nitrogens with two attached hydrogens (primary N) is 1. The number of hydrogen-bond acceptors (Lipinski definition) is 6. The van der Waals surface area contributed by atoms with Crippen molar-refractivity contribution in [2.75, 3.05) is 30.3 Å². The number of piperazine rings is 1. The van der Waals surface area contributed by atoms with Crippen LogP contribution in [-0.4, -0.2) is 35.4 Å². The van der Waals surface area contributed by atoms with Gasteiger partial charge >= 0.3 is 0 Å². The standard InChI is InChI=1S/C24H23N5O/c1-2-7-18-11-12-21(28-22(18)23(30)19-10-6-13-27-24(19)25)29-15-14-26-20(16-29)17-8-4-3-5-9-17/h3-6,8-13,20,26H,14-16H2,1H3,(H2,25,27)/t20-/m0/s1. The molecule has 150 valence electrons. The minimum absolute atomic E-state index is 0.191. The van der Waals surface area contributed by atoms with Crippen LogP contribution in [0.1, 0.15) is 40.1 Å². The van der Waals surface area contributed by atoms with E-state index in [0.717, 1.165) is 25.5 Å². The Kier molecular flexibility index (Phi) is 5.73. The summed E-state index contributed by atoms with van der Waals surface area (Å²) in [5.74, 6) is 6.52. The zero-order valence-corrected chi connectivity index (χ0v) is 16.8. The number of aromatic nitrogens is 2. The van der Waals surface area contributed by atoms with E-state index in [4.69, 9.17) is 10.7 Å². The number of nitrogen functional groups attached to an aromatic ring is 1. The Morgan fingerprint density at radius 3 is 2.77 bits per heavy atom. The van der Waals surface area contributed by atoms with Crippen molar-refractivity contribution in [3.05, 3.63) is 83.2 Å². The lowest BCUT2D eigenvalue weighted by Gasteiger charge is -2.35. The molecule has 0 amide bonds. The van der Waals surface area contributed by atoms with Crippen LogP contribution < -0.4 is 16.0 Å². The molecule has 0 radical (unpaired) electrons. The van der Waals surface area contributed by atoms with Crippen molar-refractivity contribution in [3.63, 3.8) is 0 Å². The molecule has 1 atom stereocenters. The molecule has 2 aromatic heterocycles. The lowest BCUT2D eigenvalue weighted by atomic mass is 10.0. The second kappa shape index (κ2) is 8.76. The molecule has 6 nitrogen and oxygen atoms in total. The number of benzene rings is 1. The normalized spacial score (nSPS) is 15.9. The zero-order valence-electron chi connectivity index (χ0n) is 16.8. The van der Waals surface area contributed by atoms with Gasteiger partial charge in [-0.25, -0.2) is 9.97 Å². The van der Waals surface area contributed by atoms with Gasteiger partial charge in [0.2, 0.25) is 5.78 Å². The molecule has 3 aromatic rings. The third-order valence-corrected chi connectivity index (χ3v) is 5.14. The highest BCUT2D eigenvalue weighted by molar-refractivity contribution is 6.11. The number of carbonyl (C=O) groups is 1. The summed E-state index contributed by atoms with van der Waals surface area (Å²) < 4.78 is 0. The number of rotatable bonds is 4. The molecule has 1 saturated heterocycles. The van der Waals surface area contributed by atoms with Gasteiger partial charge in [0.15, 0.2) is 0 Å². The number of hydrogen-bond donors (Lipinski definition) is 2. The van der Waals surface area contributed by atoms with E-state index in [1.54, 1.807) is 25.3 Å². The van der Waals surface area contributed by atoms with Gasteiger partial charge < -0.3 is 16.0 Å². The van der Waals surface area contributed by atoms with E-state index in [1.807, 2.05) is 30.3 Å². The molecule has 4 rings (SSSR count). The molecule has 1 aliphatic rings. The Hall–Kier alpha value is -3.69. The fourth-order valence-corrected chi connectivity index (χ4v) is 3.64. The minimum atomic E-state index is -0.269. The summed E-state index contributed by atoms with van der Waals surface area (Å²) in [6.07, 6.45) is 1.56. The second-order valence-electron chi connectivity index (χ2n) is 7.07. The molecule has 1 aromatic carbocycles. The first-order valence-corrected chi connectivity index (χ1v) is 9.89. The van der Waals surface area contributed by atoms with E-state index in [2.05, 4.69) is 39.2 Å². The average Bonchev–Trinajstić information content (AvgIpc) is 2.80. The third-order valence-electron chi connectivity index (χ3n) is 5.14. The van der Waals surface area contributed by atoms with Crippen LogP contribution in [0.15, 0.2) is 60.8 Å². The van der Waals surface area contributed by atoms with Crippen LogP contribution in [0.2, 0.25) is 0 Å². The van der Waals surface area contributed by atoms with E-state index in [1.165, 1.54) is 5.56 Å². The fraction of sp³-hybridized carbons (Fsp3) is 0.208. The van der Waals surface area contributed by atoms with Gasteiger partial charge in [-0.1, -0.05) is 36.3 Å². The van der Waals surface area contributed by atoms with Crippen molar-refractivity contribution in [1.29, 1.82) is 0 Å². The van der Waals surface area contributed by atoms with Crippen molar-refractivity contribution < 1.29 is 4.79 Å². The summed E-state index contributed by atoms with van der Waals surface area (Å²) in [6, 6.07) is 17.7. The van der Waals surface area contributed by atoms with Gasteiger partial charge in [0.05, 0.1) is 11.1 Å². The van der Waals surface area contributed by atoms with Crippen LogP contribution in [0.3, 0.4) is 0 Å². The van der Waals surface area contributed by atoms with E-state index < -0.39 is 0 Å². The van der Waals surface area contributed by atoms with Gasteiger partial charge in [0.1, 0.15) is 17.3 Å². The topological polar surface area (TPSA) is 84.1 Å². The van der Waals surface area contributed by atoms with Crippen LogP contribution in [0.5, 0.6) is 0 Å². The van der Waals surface area contributed by atoms with E-state index in [-0.39, 0.29) is 17.6 Å². The highest BCUT2D eigenvalue weighted by atomic mass is 16.1. The SMILES string of the molecule is CC#Cc1ccc(N2CCN[C@H](c3ccccc3)C2)nc1C(=O)c1cccnc1N. The molecule has 0 bridgehead atoms. The minimum Gasteiger partial charge on any atom is -0.383 e. The van der Waals surface area contributed by atoms with Crippen molar-refractivity contribution in [2.45, 2.75) is 13.0 Å². The lowest BCUT2D eigenvalue weighted by Crippen LogP contribution is -2.46. The predicted octanol–water partition coefficient (Wildman–Crippen LogP) is 2.81. The van der Waals surface area contributed by atoms with Crippen molar-refractivity contribution in [2.24, 2.45) is 0 Å². The number of anilines is 2. The molecule has 3 N–H and O–H groups in total. The van der Waals surface area contributed by atoms with Gasteiger partial charge in [-0.3, -0.25) is 4.79 Å². The van der Waals surface area contributed by atoms with Crippen LogP contribution in [0.25, 0.3) is 0 Å². The number of ketones is 1. The maximum atomic E-state index is 13.2. The van der Waals surface area contributed by atoms with Crippen LogP contribution in [0, 0.1) is 11.8 Å². The number of carbonyl (C=O) groups excluding carboxylic acids is 1. The van der Waals surface area contributed by atoms with E-state index in [9.17, 15) is 4.79 Å². The smallest absolute Gasteiger partial charge is 0.216 e. The van der Waals surface area contributed by atoms with Crippen LogP contribution >= 0.6 is 0 Å². The molecule has 1 aliphatic heterocycles. The number of pyridine rings is 2. The van der Waals surface area contributed by atoms with Gasteiger partial charge in [0, 0.05) is 31.9 Å². The van der Waals surface area contributed by atoms with Crippen LogP contribution in [-0.2, 0) is 0 Å². The Bertz CT molecular complexity index is 1120. The maximum absolute atomic E-state index is 13.2. The molecule has 6 heteroatoms. The zero-order chi connectivity index (χ0) is 20.9. The Labute approximate surface area is 176 Å². The quantitative estimate of drug-likeness (QED) is 0.520. The van der Waals surface area contributed by atoms with Crippen molar-refractivity contribution >= 4 is 17.4 Å². The van der Waals surface area contributed by atoms with Gasteiger partial charge in [-0.15, -0.1) is 5.92 Å². The van der Waals surface area contributed by atoms with E-state index >= 15 is 0 Å². The molecule has 0 aliphatic carbocycles. The van der Waals surface area contributed by atoms with Gasteiger partial charge in [-0.2, -0.15) is 0 Å². The average molecular weight is 397 g/mol. The van der Waals surface area contributed by atoms with Crippen LogP contribution in [0.4, 0.5) is 11.6 Å². The molecule has 0 spiro atoms. The summed E-state index contributed by atoms with van der Waals surface area (Å²) in [4.78, 5) is 24.2. The Balaban J connectivity index is 1.68. The van der Waals surface area contributed by atoms with E-state index in [0.29, 0.717) is 16.8 Å². The first-order valence-electron chi connectivity index (χ1n) is 9.89. The fourth-order valence-electron chi connectivity index (χ4n) is 3.64. The van der Waals surface area contributed by atoms with Crippen molar-refractivity contribution in [1.82, 2.24) is 15.3 Å². The second-order valence-corrected chi connectivity index (χ2v) is 7.07. The largest absolute Gasteiger partial charge is 0.383 e. The summed E-state index contributed by atoms with van der Waals surface area (Å²) in [5.41, 5.74) is 8.39. The first kappa shape index (κ1) is 19.6. The molecular weight excluding hydrogens is 374 g/mol. The monoisotopic (exact) mass is 397 g/mol. The molecule has 1 fully saturated rings. The van der Waals surface area contributed by atoms with Gasteiger partial charge in [-0.05, 0) is 36.8 Å². The molecule has 30 heavy (non-hydrogen) atoms. The Morgan fingerprint density at radius 1 is 1.17 bits per heavy atom. The summed E-state index contributed by atoms with van der Waals surface area (Å²) >= 11 is 0. The van der Waals surface area contributed by atoms with Gasteiger partial charge in [0.25, 0.3) is 0 Å². The highest BCUT2D eigenvalue weighted by Crippen LogP contribution is 2.24. The molecule has 3 heterocycles. The summed E-state index contributed by atoms with van der Waals surface area (Å²) in [6.45, 7) is 4.13. The molecule has 0 saturated carbocycles. The lowest BCUT2D eigenvalue weighted by molar-refractivity contribution is 0.103. The molecule has 0 unspecified atom stereocenters. The molecular formula is C24H23N5O. The number of nitrogens with one attached hydrogen (secondary N) is 1. The predicted molar refractivity (Wildman–Crippen MR) is 118 cm³/mol. The maximum Gasteiger partial charge on any atom is 0.216 e. The van der Waals surface area contributed by atoms with Crippen molar-refractivity contribution in [3.8, 4) is 11.8 Å². The third kappa shape index (κ3) is 4.02. The highest BCUT2D eigenvalue weighted by Gasteiger charge is 2.24. The summed E-state index contributed by atoms with van der Waals surface area (Å²) in [5, 5.41) is 3.55. The Morgan fingerprint density at radius 2 is 2.00 bits per heavy atom. The summed E-state index contributed by atoms with van der Waals surface area (Å²) in [7, 11) is 0. The first-order chi connectivity index (χ1) is 14.7. The number of nitrogens with zero attached hydrogens (tertiary/aromatic N) is 3.